The van der Waals surface area contributed by atoms with Crippen LogP contribution >= 0.6 is 22.6 Å². The van der Waals surface area contributed by atoms with Gasteiger partial charge in [-0.3, -0.25) is 4.79 Å². The van der Waals surface area contributed by atoms with E-state index in [2.05, 4.69) is 46.7 Å². The first-order chi connectivity index (χ1) is 12.1. The quantitative estimate of drug-likeness (QED) is 0.271. The Bertz CT molecular complexity index is 771. The maximum atomic E-state index is 12.2. The average Bonchev–Trinajstić information content (AvgIpc) is 2.61. The number of alkyl halides is 1. The molecule has 1 heterocycles. The Morgan fingerprint density at radius 2 is 2.00 bits per heavy atom. The molecule has 0 atom stereocenters. The molecule has 0 saturated heterocycles. The molecule has 0 aliphatic heterocycles. The molecule has 136 valence electrons. The summed E-state index contributed by atoms with van der Waals surface area (Å²) in [5.41, 5.74) is 0.855. The van der Waals surface area contributed by atoms with Crippen LogP contribution in [0.1, 0.15) is 24.2 Å². The molecule has 1 amide bonds. The van der Waals surface area contributed by atoms with Crippen LogP contribution < -0.4 is 15.8 Å². The highest BCUT2D eigenvalue weighted by atomic mass is 127. The second-order valence-corrected chi connectivity index (χ2v) is 6.48. The van der Waals surface area contributed by atoms with E-state index in [1.54, 1.807) is 6.07 Å². The van der Waals surface area contributed by atoms with E-state index in [0.717, 1.165) is 28.6 Å². The summed E-state index contributed by atoms with van der Waals surface area (Å²) in [6, 6.07) is 7.25. The Morgan fingerprint density at radius 1 is 1.24 bits per heavy atom. The summed E-state index contributed by atoms with van der Waals surface area (Å²) in [6.07, 6.45) is 0. The molecule has 1 N–H and O–H groups in total. The summed E-state index contributed by atoms with van der Waals surface area (Å²) in [5.74, 6) is -0.443. The lowest BCUT2D eigenvalue weighted by molar-refractivity contribution is 0.0921. The van der Waals surface area contributed by atoms with Gasteiger partial charge in [-0.1, -0.05) is 22.6 Å². The van der Waals surface area contributed by atoms with E-state index >= 15 is 0 Å². The molecule has 0 radical (unpaired) electrons. The third-order valence-corrected chi connectivity index (χ3v) is 4.29. The summed E-state index contributed by atoms with van der Waals surface area (Å²) in [6.45, 7) is 7.29. The Morgan fingerprint density at radius 3 is 2.68 bits per heavy atom. The largest absolute Gasteiger partial charge is 0.422 e. The van der Waals surface area contributed by atoms with Gasteiger partial charge in [-0.2, -0.15) is 0 Å². The van der Waals surface area contributed by atoms with Crippen LogP contribution in [-0.2, 0) is 4.74 Å². The van der Waals surface area contributed by atoms with Gasteiger partial charge in [0.05, 0.1) is 13.2 Å². The van der Waals surface area contributed by atoms with E-state index in [1.807, 2.05) is 18.2 Å². The van der Waals surface area contributed by atoms with Crippen molar-refractivity contribution in [1.29, 1.82) is 0 Å². The van der Waals surface area contributed by atoms with Gasteiger partial charge in [-0.05, 0) is 32.0 Å². The van der Waals surface area contributed by atoms with E-state index < -0.39 is 11.5 Å². The molecular formula is C18H23IN2O4. The monoisotopic (exact) mass is 458 g/mol. The molecule has 2 rings (SSSR count). The Labute approximate surface area is 160 Å². The molecule has 0 fully saturated rings. The van der Waals surface area contributed by atoms with Crippen LogP contribution in [0, 0.1) is 0 Å². The normalized spacial score (nSPS) is 10.8. The van der Waals surface area contributed by atoms with Crippen molar-refractivity contribution in [1.82, 2.24) is 5.32 Å². The highest BCUT2D eigenvalue weighted by Crippen LogP contribution is 2.21. The topological polar surface area (TPSA) is 71.8 Å². The first-order valence-corrected chi connectivity index (χ1v) is 9.88. The first-order valence-electron chi connectivity index (χ1n) is 8.35. The van der Waals surface area contributed by atoms with Gasteiger partial charge in [0.1, 0.15) is 11.1 Å². The molecule has 1 aromatic carbocycles. The molecule has 0 bridgehead atoms. The number of rotatable bonds is 9. The molecular weight excluding hydrogens is 435 g/mol. The second-order valence-electron chi connectivity index (χ2n) is 5.40. The van der Waals surface area contributed by atoms with Crippen LogP contribution in [0.15, 0.2) is 33.5 Å². The van der Waals surface area contributed by atoms with Crippen LogP contribution in [0.4, 0.5) is 5.69 Å². The number of fused-ring (bicyclic) bond motifs is 1. The van der Waals surface area contributed by atoms with Crippen molar-refractivity contribution in [2.45, 2.75) is 13.8 Å². The SMILES string of the molecule is CCN(CC)c1ccc2cc(C(=O)NCCOCCI)c(=O)oc2c1. The van der Waals surface area contributed by atoms with Crippen LogP contribution in [0.25, 0.3) is 11.0 Å². The highest BCUT2D eigenvalue weighted by molar-refractivity contribution is 14.1. The minimum absolute atomic E-state index is 0.0111. The zero-order valence-electron chi connectivity index (χ0n) is 14.5. The van der Waals surface area contributed by atoms with Crippen molar-refractivity contribution in [2.24, 2.45) is 0 Å². The highest BCUT2D eigenvalue weighted by Gasteiger charge is 2.14. The summed E-state index contributed by atoms with van der Waals surface area (Å²) in [4.78, 5) is 26.5. The van der Waals surface area contributed by atoms with Gasteiger partial charge in [0.15, 0.2) is 0 Å². The third-order valence-electron chi connectivity index (χ3n) is 3.85. The van der Waals surface area contributed by atoms with Gasteiger partial charge in [0.25, 0.3) is 5.91 Å². The standard InChI is InChI=1S/C18H23IN2O4/c1-3-21(4-2)14-6-5-13-11-15(18(23)25-16(13)12-14)17(22)20-8-10-24-9-7-19/h5-6,11-12H,3-4,7-10H2,1-2H3,(H,20,22). The zero-order valence-corrected chi connectivity index (χ0v) is 16.7. The summed E-state index contributed by atoms with van der Waals surface area (Å²) >= 11 is 2.22. The number of benzene rings is 1. The molecule has 25 heavy (non-hydrogen) atoms. The molecule has 2 aromatic rings. The minimum atomic E-state index is -0.630. The molecule has 1 aromatic heterocycles. The van der Waals surface area contributed by atoms with Gasteiger partial charge < -0.3 is 19.4 Å². The number of hydrogen-bond donors (Lipinski definition) is 1. The van der Waals surface area contributed by atoms with E-state index in [9.17, 15) is 9.59 Å². The van der Waals surface area contributed by atoms with Gasteiger partial charge >= 0.3 is 5.63 Å². The van der Waals surface area contributed by atoms with Crippen LogP contribution in [-0.4, -0.2) is 43.2 Å². The van der Waals surface area contributed by atoms with Gasteiger partial charge in [0.2, 0.25) is 0 Å². The molecule has 7 heteroatoms. The number of nitrogens with one attached hydrogen (secondary N) is 1. The predicted octanol–water partition coefficient (Wildman–Crippen LogP) is 2.82. The number of ether oxygens (including phenoxy) is 1. The summed E-state index contributed by atoms with van der Waals surface area (Å²) in [5, 5.41) is 3.40. The maximum Gasteiger partial charge on any atom is 0.349 e. The van der Waals surface area contributed by atoms with Crippen molar-refractivity contribution in [3.05, 3.63) is 40.2 Å². The van der Waals surface area contributed by atoms with Gasteiger partial charge in [0, 0.05) is 41.2 Å². The van der Waals surface area contributed by atoms with Crippen LogP contribution in [0.3, 0.4) is 0 Å². The summed E-state index contributed by atoms with van der Waals surface area (Å²) < 4.78 is 11.6. The lowest BCUT2D eigenvalue weighted by Crippen LogP contribution is -2.31. The fraction of sp³-hybridized carbons (Fsp3) is 0.444. The fourth-order valence-electron chi connectivity index (χ4n) is 2.53. The van der Waals surface area contributed by atoms with Crippen LogP contribution in [0.5, 0.6) is 0 Å². The lowest BCUT2D eigenvalue weighted by atomic mass is 10.1. The maximum absolute atomic E-state index is 12.2. The summed E-state index contributed by atoms with van der Waals surface area (Å²) in [7, 11) is 0. The Kier molecular flexibility index (Phi) is 7.70. The molecule has 6 nitrogen and oxygen atoms in total. The number of hydrogen-bond acceptors (Lipinski definition) is 5. The van der Waals surface area contributed by atoms with Crippen molar-refractivity contribution in [3.63, 3.8) is 0 Å². The zero-order chi connectivity index (χ0) is 18.2. The number of amides is 1. The molecule has 0 spiro atoms. The van der Waals surface area contributed by atoms with E-state index in [-0.39, 0.29) is 5.56 Å². The van der Waals surface area contributed by atoms with E-state index in [4.69, 9.17) is 9.15 Å². The lowest BCUT2D eigenvalue weighted by Gasteiger charge is -2.21. The van der Waals surface area contributed by atoms with E-state index in [0.29, 0.717) is 25.3 Å². The van der Waals surface area contributed by atoms with E-state index in [1.165, 1.54) is 0 Å². The first kappa shape index (κ1) is 19.7. The Balaban J connectivity index is 2.17. The number of halogens is 1. The predicted molar refractivity (Wildman–Crippen MR) is 108 cm³/mol. The number of carbonyl (C=O) groups is 1. The van der Waals surface area contributed by atoms with Crippen molar-refractivity contribution >= 4 is 45.2 Å². The van der Waals surface area contributed by atoms with Crippen molar-refractivity contribution < 1.29 is 13.9 Å². The minimum Gasteiger partial charge on any atom is -0.422 e. The van der Waals surface area contributed by atoms with Crippen molar-refractivity contribution in [2.75, 3.05) is 42.2 Å². The number of carbonyl (C=O) groups excluding carboxylic acids is 1. The number of anilines is 1. The van der Waals surface area contributed by atoms with Crippen molar-refractivity contribution in [3.8, 4) is 0 Å². The molecule has 0 saturated carbocycles. The second kappa shape index (κ2) is 9.76. The van der Waals surface area contributed by atoms with Gasteiger partial charge in [-0.25, -0.2) is 4.79 Å². The number of nitrogens with zero attached hydrogens (tertiary/aromatic N) is 1. The van der Waals surface area contributed by atoms with Gasteiger partial charge in [-0.15, -0.1) is 0 Å². The smallest absolute Gasteiger partial charge is 0.349 e. The van der Waals surface area contributed by atoms with Crippen LogP contribution in [0.2, 0.25) is 0 Å². The molecule has 0 aliphatic rings. The Hall–Kier alpha value is -1.61. The third kappa shape index (κ3) is 5.18. The fourth-order valence-corrected chi connectivity index (χ4v) is 2.84. The average molecular weight is 458 g/mol. The molecule has 0 unspecified atom stereocenters. The molecule has 0 aliphatic carbocycles.